The maximum Gasteiger partial charge on any atom is 0.222 e. The number of halogens is 1. The summed E-state index contributed by atoms with van der Waals surface area (Å²) in [6.45, 7) is 2.26. The molecule has 2 atom stereocenters. The van der Waals surface area contributed by atoms with Gasteiger partial charge in [0.15, 0.2) is 0 Å². The van der Waals surface area contributed by atoms with Gasteiger partial charge in [-0.1, -0.05) is 6.92 Å². The van der Waals surface area contributed by atoms with Crippen LogP contribution >= 0.6 is 15.9 Å². The zero-order valence-electron chi connectivity index (χ0n) is 11.0. The van der Waals surface area contributed by atoms with Crippen molar-refractivity contribution in [3.05, 3.63) is 15.9 Å². The molecule has 0 N–H and O–H groups in total. The van der Waals surface area contributed by atoms with Gasteiger partial charge in [-0.15, -0.1) is 0 Å². The zero-order chi connectivity index (χ0) is 13.1. The van der Waals surface area contributed by atoms with Crippen LogP contribution in [-0.2, 0) is 23.7 Å². The van der Waals surface area contributed by atoms with E-state index in [1.807, 2.05) is 23.7 Å². The quantitative estimate of drug-likeness (QED) is 0.735. The van der Waals surface area contributed by atoms with Crippen molar-refractivity contribution in [2.24, 2.45) is 7.05 Å². The fourth-order valence-corrected chi connectivity index (χ4v) is 4.07. The molecule has 2 heterocycles. The van der Waals surface area contributed by atoms with E-state index in [0.717, 1.165) is 23.9 Å². The molecule has 2 aliphatic rings. The third-order valence-corrected chi connectivity index (χ3v) is 5.72. The van der Waals surface area contributed by atoms with E-state index < -0.39 is 0 Å². The number of aryl methyl sites for hydroxylation is 1. The molecule has 18 heavy (non-hydrogen) atoms. The number of fused-ring (bicyclic) bond motifs is 3. The third kappa shape index (κ3) is 1.43. The van der Waals surface area contributed by atoms with Crippen LogP contribution in [0.4, 0.5) is 0 Å². The molecule has 1 aliphatic heterocycles. The van der Waals surface area contributed by atoms with Gasteiger partial charge in [-0.05, 0) is 35.2 Å². The molecular weight excluding hydrogens is 294 g/mol. The highest BCUT2D eigenvalue weighted by atomic mass is 79.9. The lowest BCUT2D eigenvalue weighted by atomic mass is 9.66. The molecule has 1 aromatic heterocycles. The van der Waals surface area contributed by atoms with E-state index in [0.29, 0.717) is 12.5 Å². The second-order valence-electron chi connectivity index (χ2n) is 5.72. The first kappa shape index (κ1) is 12.2. The van der Waals surface area contributed by atoms with Gasteiger partial charge in [0.05, 0.1) is 5.69 Å². The molecule has 1 saturated heterocycles. The van der Waals surface area contributed by atoms with Crippen LogP contribution in [0.1, 0.15) is 37.4 Å². The highest BCUT2D eigenvalue weighted by Crippen LogP contribution is 2.46. The van der Waals surface area contributed by atoms with Gasteiger partial charge in [-0.2, -0.15) is 5.10 Å². The van der Waals surface area contributed by atoms with Crippen molar-refractivity contribution < 1.29 is 4.79 Å². The summed E-state index contributed by atoms with van der Waals surface area (Å²) in [6, 6.07) is 0.299. The molecule has 0 radical (unpaired) electrons. The van der Waals surface area contributed by atoms with E-state index >= 15 is 0 Å². The fourth-order valence-electron chi connectivity index (χ4n) is 3.61. The molecule has 4 nitrogen and oxygen atoms in total. The summed E-state index contributed by atoms with van der Waals surface area (Å²) in [6.07, 6.45) is 3.59. The normalized spacial score (nSPS) is 31.2. The Kier molecular flexibility index (Phi) is 2.59. The Hall–Kier alpha value is -0.840. The number of likely N-dealkylation sites (tertiary alicyclic amines) is 1. The van der Waals surface area contributed by atoms with Crippen molar-refractivity contribution in [3.8, 4) is 0 Å². The number of carbonyl (C=O) groups is 1. The van der Waals surface area contributed by atoms with Gasteiger partial charge in [-0.3, -0.25) is 9.48 Å². The first-order valence-electron chi connectivity index (χ1n) is 6.42. The highest BCUT2D eigenvalue weighted by Gasteiger charge is 2.49. The summed E-state index contributed by atoms with van der Waals surface area (Å²) in [4.78, 5) is 13.8. The van der Waals surface area contributed by atoms with Gasteiger partial charge >= 0.3 is 0 Å². The number of hydrogen-bond acceptors (Lipinski definition) is 2. The monoisotopic (exact) mass is 311 g/mol. The summed E-state index contributed by atoms with van der Waals surface area (Å²) in [7, 11) is 3.91. The van der Waals surface area contributed by atoms with E-state index in [-0.39, 0.29) is 11.3 Å². The minimum atomic E-state index is 0.0139. The minimum absolute atomic E-state index is 0.0139. The molecule has 0 spiro atoms. The van der Waals surface area contributed by atoms with Crippen molar-refractivity contribution in [1.29, 1.82) is 0 Å². The van der Waals surface area contributed by atoms with Crippen LogP contribution in [0, 0.1) is 0 Å². The van der Waals surface area contributed by atoms with Crippen molar-refractivity contribution in [1.82, 2.24) is 14.7 Å². The maximum atomic E-state index is 11.9. The van der Waals surface area contributed by atoms with E-state index in [4.69, 9.17) is 5.10 Å². The summed E-state index contributed by atoms with van der Waals surface area (Å²) in [5.74, 6) is 0.274. The molecule has 98 valence electrons. The fraction of sp³-hybridized carbons (Fsp3) is 0.692. The maximum absolute atomic E-state index is 11.9. The number of aromatic nitrogens is 2. The van der Waals surface area contributed by atoms with E-state index in [1.165, 1.54) is 11.3 Å². The average Bonchev–Trinajstić information content (AvgIpc) is 2.63. The molecule has 1 aliphatic carbocycles. The highest BCUT2D eigenvalue weighted by molar-refractivity contribution is 9.10. The van der Waals surface area contributed by atoms with Crippen LogP contribution < -0.4 is 0 Å². The second-order valence-corrected chi connectivity index (χ2v) is 6.47. The lowest BCUT2D eigenvalue weighted by molar-refractivity contribution is -0.138. The minimum Gasteiger partial charge on any atom is -0.342 e. The third-order valence-electron chi connectivity index (χ3n) is 4.73. The topological polar surface area (TPSA) is 38.1 Å². The summed E-state index contributed by atoms with van der Waals surface area (Å²) in [5.41, 5.74) is 2.53. The molecule has 0 unspecified atom stereocenters. The number of rotatable bonds is 0. The number of carbonyl (C=O) groups excluding carboxylic acids is 1. The number of nitrogens with zero attached hydrogens (tertiary/aromatic N) is 3. The first-order valence-corrected chi connectivity index (χ1v) is 7.22. The average molecular weight is 312 g/mol. The molecular formula is C13H18BrN3O. The van der Waals surface area contributed by atoms with Crippen molar-refractivity contribution in [2.45, 2.75) is 44.1 Å². The van der Waals surface area contributed by atoms with Crippen LogP contribution in [-0.4, -0.2) is 33.7 Å². The van der Waals surface area contributed by atoms with Gasteiger partial charge in [0.2, 0.25) is 5.91 Å². The predicted molar refractivity (Wildman–Crippen MR) is 72.4 cm³/mol. The van der Waals surface area contributed by atoms with E-state index in [9.17, 15) is 4.79 Å². The first-order chi connectivity index (χ1) is 8.45. The number of piperidine rings is 1. The van der Waals surface area contributed by atoms with Crippen LogP contribution in [0.3, 0.4) is 0 Å². The van der Waals surface area contributed by atoms with Crippen LogP contribution in [0.2, 0.25) is 0 Å². The summed E-state index contributed by atoms with van der Waals surface area (Å²) >= 11 is 3.62. The number of likely N-dealkylation sites (N-methyl/N-ethyl adjacent to an activating group) is 1. The van der Waals surface area contributed by atoms with Crippen molar-refractivity contribution in [2.75, 3.05) is 7.05 Å². The molecule has 1 fully saturated rings. The van der Waals surface area contributed by atoms with E-state index in [1.54, 1.807) is 0 Å². The Morgan fingerprint density at radius 2 is 2.11 bits per heavy atom. The Balaban J connectivity index is 2.12. The standard InChI is InChI=1S/C13H18BrN3O/c1-13-7-6-10(18)16(2)9(13)5-4-8-11(13)15-17(3)12(8)14/h9H,4-7H2,1-3H3/t9-,13+/m1/s1. The largest absolute Gasteiger partial charge is 0.342 e. The second kappa shape index (κ2) is 3.83. The number of amides is 1. The van der Waals surface area contributed by atoms with Crippen LogP contribution in [0.15, 0.2) is 4.60 Å². The van der Waals surface area contributed by atoms with Crippen LogP contribution in [0.5, 0.6) is 0 Å². The lowest BCUT2D eigenvalue weighted by Crippen LogP contribution is -2.56. The Morgan fingerprint density at radius 3 is 2.83 bits per heavy atom. The molecule has 0 aromatic carbocycles. The Labute approximate surface area is 115 Å². The van der Waals surface area contributed by atoms with Gasteiger partial charge in [0.1, 0.15) is 4.60 Å². The Morgan fingerprint density at radius 1 is 1.39 bits per heavy atom. The Bertz CT molecular complexity index is 525. The van der Waals surface area contributed by atoms with Gasteiger partial charge < -0.3 is 4.90 Å². The van der Waals surface area contributed by atoms with Crippen molar-refractivity contribution in [3.63, 3.8) is 0 Å². The predicted octanol–water partition coefficient (Wildman–Crippen LogP) is 2.01. The molecule has 3 rings (SSSR count). The van der Waals surface area contributed by atoms with Crippen LogP contribution in [0.25, 0.3) is 0 Å². The van der Waals surface area contributed by atoms with E-state index in [2.05, 4.69) is 22.9 Å². The van der Waals surface area contributed by atoms with Gasteiger partial charge in [-0.25, -0.2) is 0 Å². The van der Waals surface area contributed by atoms with Gasteiger partial charge in [0.25, 0.3) is 0 Å². The molecule has 0 bridgehead atoms. The van der Waals surface area contributed by atoms with Gasteiger partial charge in [0, 0.05) is 37.5 Å². The zero-order valence-corrected chi connectivity index (χ0v) is 12.6. The lowest BCUT2D eigenvalue weighted by Gasteiger charge is -2.48. The molecule has 5 heteroatoms. The summed E-state index contributed by atoms with van der Waals surface area (Å²) in [5, 5.41) is 4.70. The smallest absolute Gasteiger partial charge is 0.222 e. The molecule has 1 amide bonds. The number of hydrogen-bond donors (Lipinski definition) is 0. The molecule has 1 aromatic rings. The molecule has 0 saturated carbocycles. The summed E-state index contributed by atoms with van der Waals surface area (Å²) < 4.78 is 3.01. The van der Waals surface area contributed by atoms with Crippen molar-refractivity contribution >= 4 is 21.8 Å². The SMILES string of the molecule is CN1C(=O)CC[C@]2(C)c3nn(C)c(Br)c3CC[C@@H]12.